The van der Waals surface area contributed by atoms with Crippen LogP contribution in [0.5, 0.6) is 5.75 Å². The van der Waals surface area contributed by atoms with Gasteiger partial charge in [-0.2, -0.15) is 0 Å². The molecule has 0 aliphatic heterocycles. The molecule has 1 aromatic heterocycles. The zero-order valence-corrected chi connectivity index (χ0v) is 9.36. The van der Waals surface area contributed by atoms with Crippen LogP contribution < -0.4 is 4.74 Å². The van der Waals surface area contributed by atoms with Crippen molar-refractivity contribution in [1.29, 1.82) is 0 Å². The van der Waals surface area contributed by atoms with Crippen molar-refractivity contribution >= 4 is 0 Å². The molecule has 0 fully saturated rings. The normalized spacial score (nSPS) is 10.4. The molecule has 0 unspecified atom stereocenters. The number of aliphatic hydroxyl groups excluding tert-OH is 1. The lowest BCUT2D eigenvalue weighted by Gasteiger charge is -2.07. The number of furan rings is 1. The van der Waals surface area contributed by atoms with Gasteiger partial charge in [0.2, 0.25) is 0 Å². The number of hydrogen-bond acceptors (Lipinski definition) is 3. The van der Waals surface area contributed by atoms with Gasteiger partial charge < -0.3 is 14.3 Å². The molecule has 0 radical (unpaired) electrons. The van der Waals surface area contributed by atoms with Crippen LogP contribution in [-0.2, 0) is 6.61 Å². The van der Waals surface area contributed by atoms with Gasteiger partial charge in [0.25, 0.3) is 0 Å². The molecule has 1 heterocycles. The minimum Gasteiger partial charge on any atom is -0.496 e. The summed E-state index contributed by atoms with van der Waals surface area (Å²) in [6, 6.07) is 9.34. The van der Waals surface area contributed by atoms with Crippen molar-refractivity contribution in [3.05, 3.63) is 41.7 Å². The van der Waals surface area contributed by atoms with Gasteiger partial charge in [-0.05, 0) is 36.8 Å². The summed E-state index contributed by atoms with van der Waals surface area (Å²) in [6.45, 7) is 1.91. The van der Waals surface area contributed by atoms with Crippen molar-refractivity contribution in [2.24, 2.45) is 0 Å². The second-order valence-corrected chi connectivity index (χ2v) is 3.60. The van der Waals surface area contributed by atoms with E-state index in [9.17, 15) is 0 Å². The van der Waals surface area contributed by atoms with E-state index < -0.39 is 0 Å². The van der Waals surface area contributed by atoms with Crippen molar-refractivity contribution in [2.45, 2.75) is 13.5 Å². The quantitative estimate of drug-likeness (QED) is 0.861. The Labute approximate surface area is 94.3 Å². The highest BCUT2D eigenvalue weighted by atomic mass is 16.5. The van der Waals surface area contributed by atoms with Crippen LogP contribution in [0.4, 0.5) is 0 Å². The van der Waals surface area contributed by atoms with Gasteiger partial charge in [-0.25, -0.2) is 0 Å². The molecule has 3 heteroatoms. The lowest BCUT2D eigenvalue weighted by atomic mass is 10.1. The molecule has 0 bridgehead atoms. The summed E-state index contributed by atoms with van der Waals surface area (Å²) in [5.74, 6) is 2.35. The Bertz CT molecular complexity index is 486. The summed E-state index contributed by atoms with van der Waals surface area (Å²) in [5, 5.41) is 9.11. The third-order valence-corrected chi connectivity index (χ3v) is 2.45. The largest absolute Gasteiger partial charge is 0.496 e. The fraction of sp³-hybridized carbons (Fsp3) is 0.231. The molecular weight excluding hydrogens is 204 g/mol. The van der Waals surface area contributed by atoms with E-state index in [-0.39, 0.29) is 6.61 Å². The first-order valence-electron chi connectivity index (χ1n) is 5.09. The van der Waals surface area contributed by atoms with Crippen LogP contribution in [-0.4, -0.2) is 12.2 Å². The molecule has 0 saturated heterocycles. The van der Waals surface area contributed by atoms with Gasteiger partial charge in [0.15, 0.2) is 0 Å². The number of aliphatic hydroxyl groups is 1. The summed E-state index contributed by atoms with van der Waals surface area (Å²) in [5.41, 5.74) is 1.70. The molecule has 0 amide bonds. The number of rotatable bonds is 3. The SMILES string of the molecule is COc1ccc(CO)cc1-c1ccc(C)o1. The van der Waals surface area contributed by atoms with Gasteiger partial charge in [0, 0.05) is 0 Å². The summed E-state index contributed by atoms with van der Waals surface area (Å²) in [4.78, 5) is 0. The molecule has 0 spiro atoms. The average Bonchev–Trinajstić information content (AvgIpc) is 2.75. The van der Waals surface area contributed by atoms with Gasteiger partial charge >= 0.3 is 0 Å². The summed E-state index contributed by atoms with van der Waals surface area (Å²) >= 11 is 0. The summed E-state index contributed by atoms with van der Waals surface area (Å²) in [7, 11) is 1.62. The topological polar surface area (TPSA) is 42.6 Å². The smallest absolute Gasteiger partial charge is 0.137 e. The fourth-order valence-electron chi connectivity index (χ4n) is 1.63. The van der Waals surface area contributed by atoms with Crippen LogP contribution in [0.2, 0.25) is 0 Å². The van der Waals surface area contributed by atoms with E-state index in [4.69, 9.17) is 14.3 Å². The van der Waals surface area contributed by atoms with E-state index in [1.54, 1.807) is 7.11 Å². The zero-order valence-electron chi connectivity index (χ0n) is 9.36. The second kappa shape index (κ2) is 4.41. The van der Waals surface area contributed by atoms with E-state index in [1.165, 1.54) is 0 Å². The highest BCUT2D eigenvalue weighted by Crippen LogP contribution is 2.32. The number of ether oxygens (including phenoxy) is 1. The molecule has 0 saturated carbocycles. The Kier molecular flexibility index (Phi) is 2.97. The zero-order chi connectivity index (χ0) is 11.5. The van der Waals surface area contributed by atoms with Gasteiger partial charge in [0.1, 0.15) is 17.3 Å². The van der Waals surface area contributed by atoms with Crippen molar-refractivity contribution < 1.29 is 14.3 Å². The molecule has 2 aromatic rings. The highest BCUT2D eigenvalue weighted by molar-refractivity contribution is 5.67. The lowest BCUT2D eigenvalue weighted by molar-refractivity contribution is 0.281. The Hall–Kier alpha value is -1.74. The maximum absolute atomic E-state index is 9.11. The number of hydrogen-bond donors (Lipinski definition) is 1. The molecule has 3 nitrogen and oxygen atoms in total. The third kappa shape index (κ3) is 1.95. The van der Waals surface area contributed by atoms with Crippen LogP contribution in [0.3, 0.4) is 0 Å². The van der Waals surface area contributed by atoms with Crippen LogP contribution in [0.15, 0.2) is 34.7 Å². The van der Waals surface area contributed by atoms with Gasteiger partial charge in [-0.15, -0.1) is 0 Å². The monoisotopic (exact) mass is 218 g/mol. The first-order valence-corrected chi connectivity index (χ1v) is 5.09. The molecule has 16 heavy (non-hydrogen) atoms. The van der Waals surface area contributed by atoms with Crippen LogP contribution in [0.25, 0.3) is 11.3 Å². The molecule has 0 atom stereocenters. The second-order valence-electron chi connectivity index (χ2n) is 3.60. The summed E-state index contributed by atoms with van der Waals surface area (Å²) in [6.07, 6.45) is 0. The van der Waals surface area contributed by atoms with Crippen molar-refractivity contribution in [3.63, 3.8) is 0 Å². The standard InChI is InChI=1S/C13H14O3/c1-9-3-5-13(16-9)11-7-10(8-14)4-6-12(11)15-2/h3-7,14H,8H2,1-2H3. The van der Waals surface area contributed by atoms with Crippen LogP contribution in [0.1, 0.15) is 11.3 Å². The van der Waals surface area contributed by atoms with Crippen LogP contribution >= 0.6 is 0 Å². The molecule has 2 rings (SSSR count). The van der Waals surface area contributed by atoms with Gasteiger partial charge in [-0.3, -0.25) is 0 Å². The molecule has 1 N–H and O–H groups in total. The first-order chi connectivity index (χ1) is 7.74. The predicted molar refractivity (Wildman–Crippen MR) is 61.4 cm³/mol. The number of benzene rings is 1. The third-order valence-electron chi connectivity index (χ3n) is 2.45. The van der Waals surface area contributed by atoms with E-state index in [0.717, 1.165) is 28.4 Å². The maximum atomic E-state index is 9.11. The maximum Gasteiger partial charge on any atom is 0.137 e. The Balaban J connectivity index is 2.52. The molecule has 1 aromatic carbocycles. The van der Waals surface area contributed by atoms with Crippen molar-refractivity contribution in [1.82, 2.24) is 0 Å². The fourth-order valence-corrected chi connectivity index (χ4v) is 1.63. The predicted octanol–water partition coefficient (Wildman–Crippen LogP) is 2.76. The van der Waals surface area contributed by atoms with Crippen molar-refractivity contribution in [2.75, 3.05) is 7.11 Å². The van der Waals surface area contributed by atoms with E-state index in [0.29, 0.717) is 0 Å². The minimum absolute atomic E-state index is 0.0106. The van der Waals surface area contributed by atoms with Gasteiger partial charge in [0.05, 0.1) is 19.3 Å². The Morgan fingerprint density at radius 2 is 2.06 bits per heavy atom. The number of methoxy groups -OCH3 is 1. The van der Waals surface area contributed by atoms with Crippen molar-refractivity contribution in [3.8, 4) is 17.1 Å². The molecule has 0 aliphatic carbocycles. The lowest BCUT2D eigenvalue weighted by Crippen LogP contribution is -1.90. The van der Waals surface area contributed by atoms with E-state index >= 15 is 0 Å². The van der Waals surface area contributed by atoms with E-state index in [1.807, 2.05) is 37.3 Å². The van der Waals surface area contributed by atoms with Gasteiger partial charge in [-0.1, -0.05) is 6.07 Å². The molecule has 0 aliphatic rings. The average molecular weight is 218 g/mol. The number of aryl methyl sites for hydroxylation is 1. The minimum atomic E-state index is 0.0106. The first kappa shape index (κ1) is 10.8. The van der Waals surface area contributed by atoms with Crippen LogP contribution in [0, 0.1) is 6.92 Å². The molecular formula is C13H14O3. The van der Waals surface area contributed by atoms with E-state index in [2.05, 4.69) is 0 Å². The Morgan fingerprint density at radius 3 is 2.62 bits per heavy atom. The highest BCUT2D eigenvalue weighted by Gasteiger charge is 2.10. The Morgan fingerprint density at radius 1 is 1.25 bits per heavy atom. The summed E-state index contributed by atoms with van der Waals surface area (Å²) < 4.78 is 10.8. The molecule has 84 valence electrons.